The lowest BCUT2D eigenvalue weighted by atomic mass is 10.0. The number of hydrazone groups is 1. The van der Waals surface area contributed by atoms with Crippen LogP contribution in [-0.4, -0.2) is 29.0 Å². The molecule has 1 heterocycles. The van der Waals surface area contributed by atoms with Gasteiger partial charge in [-0.05, 0) is 17.4 Å². The van der Waals surface area contributed by atoms with E-state index in [1.165, 1.54) is 35.8 Å². The average molecular weight is 388 g/mol. The van der Waals surface area contributed by atoms with Gasteiger partial charge in [0, 0.05) is 22.6 Å². The molecule has 2 aromatic rings. The van der Waals surface area contributed by atoms with Crippen LogP contribution in [0, 0.1) is 16.0 Å². The highest BCUT2D eigenvalue weighted by atomic mass is 32.1. The molecule has 0 aliphatic rings. The van der Waals surface area contributed by atoms with Crippen molar-refractivity contribution in [3.63, 3.8) is 0 Å². The summed E-state index contributed by atoms with van der Waals surface area (Å²) in [6, 6.07) is 8.86. The SMILES string of the molecule is CC(C)C(NC(=O)Cc1cccs1)C(=O)N/N=C/c1cccc([N+](=O)[O-])c1. The van der Waals surface area contributed by atoms with Gasteiger partial charge in [0.05, 0.1) is 17.6 Å². The van der Waals surface area contributed by atoms with Crippen molar-refractivity contribution in [1.82, 2.24) is 10.7 Å². The molecule has 0 aliphatic heterocycles. The van der Waals surface area contributed by atoms with Crippen molar-refractivity contribution in [2.24, 2.45) is 11.0 Å². The van der Waals surface area contributed by atoms with Crippen LogP contribution in [0.3, 0.4) is 0 Å². The van der Waals surface area contributed by atoms with E-state index < -0.39 is 16.9 Å². The number of hydrogen-bond acceptors (Lipinski definition) is 6. The van der Waals surface area contributed by atoms with E-state index in [-0.39, 0.29) is 23.9 Å². The maximum atomic E-state index is 12.3. The monoisotopic (exact) mass is 388 g/mol. The number of nitrogens with zero attached hydrogens (tertiary/aromatic N) is 2. The van der Waals surface area contributed by atoms with Gasteiger partial charge in [0.25, 0.3) is 11.6 Å². The van der Waals surface area contributed by atoms with Crippen molar-refractivity contribution in [3.8, 4) is 0 Å². The van der Waals surface area contributed by atoms with E-state index in [4.69, 9.17) is 0 Å². The molecule has 27 heavy (non-hydrogen) atoms. The largest absolute Gasteiger partial charge is 0.344 e. The number of non-ortho nitro benzene ring substituents is 1. The fourth-order valence-corrected chi connectivity index (χ4v) is 2.99. The molecule has 8 nitrogen and oxygen atoms in total. The maximum Gasteiger partial charge on any atom is 0.270 e. The van der Waals surface area contributed by atoms with E-state index >= 15 is 0 Å². The van der Waals surface area contributed by atoms with Crippen molar-refractivity contribution in [1.29, 1.82) is 0 Å². The van der Waals surface area contributed by atoms with Crippen molar-refractivity contribution < 1.29 is 14.5 Å². The van der Waals surface area contributed by atoms with Crippen molar-refractivity contribution >= 4 is 35.1 Å². The third-order valence-electron chi connectivity index (χ3n) is 3.65. The molecule has 0 radical (unpaired) electrons. The molecule has 9 heteroatoms. The normalized spacial score (nSPS) is 12.1. The first-order chi connectivity index (χ1) is 12.9. The lowest BCUT2D eigenvalue weighted by molar-refractivity contribution is -0.384. The molecule has 1 aromatic carbocycles. The summed E-state index contributed by atoms with van der Waals surface area (Å²) < 4.78 is 0. The molecule has 0 fully saturated rings. The Bertz CT molecular complexity index is 834. The molecule has 2 N–H and O–H groups in total. The fraction of sp³-hybridized carbons (Fsp3) is 0.278. The predicted molar refractivity (Wildman–Crippen MR) is 104 cm³/mol. The van der Waals surface area contributed by atoms with Gasteiger partial charge in [-0.3, -0.25) is 19.7 Å². The molecule has 0 saturated heterocycles. The van der Waals surface area contributed by atoms with E-state index in [0.29, 0.717) is 5.56 Å². The molecule has 0 spiro atoms. The van der Waals surface area contributed by atoms with E-state index in [2.05, 4.69) is 15.8 Å². The van der Waals surface area contributed by atoms with Crippen LogP contribution in [-0.2, 0) is 16.0 Å². The summed E-state index contributed by atoms with van der Waals surface area (Å²) in [5.41, 5.74) is 2.79. The Morgan fingerprint density at radius 3 is 2.70 bits per heavy atom. The first kappa shape index (κ1) is 20.2. The molecule has 142 valence electrons. The highest BCUT2D eigenvalue weighted by molar-refractivity contribution is 7.10. The first-order valence-electron chi connectivity index (χ1n) is 8.26. The summed E-state index contributed by atoms with van der Waals surface area (Å²) in [5, 5.41) is 19.2. The third kappa shape index (κ3) is 6.30. The Morgan fingerprint density at radius 2 is 2.07 bits per heavy atom. The first-order valence-corrected chi connectivity index (χ1v) is 9.14. The predicted octanol–water partition coefficient (Wildman–Crippen LogP) is 2.49. The molecule has 2 amide bonds. The number of carbonyl (C=O) groups excluding carboxylic acids is 2. The number of benzene rings is 1. The zero-order valence-corrected chi connectivity index (χ0v) is 15.7. The Kier molecular flexibility index (Phi) is 7.18. The quantitative estimate of drug-likeness (QED) is 0.411. The number of nitro groups is 1. The van der Waals surface area contributed by atoms with Crippen LogP contribution in [0.2, 0.25) is 0 Å². The van der Waals surface area contributed by atoms with Gasteiger partial charge in [-0.2, -0.15) is 5.10 Å². The van der Waals surface area contributed by atoms with Crippen LogP contribution < -0.4 is 10.7 Å². The number of rotatable bonds is 8. The second kappa shape index (κ2) is 9.58. The van der Waals surface area contributed by atoms with E-state index in [1.807, 2.05) is 31.4 Å². The Morgan fingerprint density at radius 1 is 1.30 bits per heavy atom. The van der Waals surface area contributed by atoms with Gasteiger partial charge in [-0.1, -0.05) is 32.0 Å². The number of thiophene rings is 1. The van der Waals surface area contributed by atoms with Gasteiger partial charge in [0.15, 0.2) is 0 Å². The van der Waals surface area contributed by atoms with Crippen LogP contribution in [0.15, 0.2) is 46.9 Å². The number of nitrogens with one attached hydrogen (secondary N) is 2. The summed E-state index contributed by atoms with van der Waals surface area (Å²) in [4.78, 5) is 35.7. The second-order valence-corrected chi connectivity index (χ2v) is 7.16. The molecule has 1 aromatic heterocycles. The van der Waals surface area contributed by atoms with Crippen LogP contribution in [0.5, 0.6) is 0 Å². The number of carbonyl (C=O) groups is 2. The van der Waals surface area contributed by atoms with Crippen LogP contribution in [0.25, 0.3) is 0 Å². The van der Waals surface area contributed by atoms with Gasteiger partial charge in [-0.15, -0.1) is 11.3 Å². The van der Waals surface area contributed by atoms with E-state index in [0.717, 1.165) is 4.88 Å². The van der Waals surface area contributed by atoms with Crippen LogP contribution >= 0.6 is 11.3 Å². The molecule has 0 saturated carbocycles. The maximum absolute atomic E-state index is 12.3. The molecule has 1 atom stereocenters. The third-order valence-corrected chi connectivity index (χ3v) is 4.53. The van der Waals surface area contributed by atoms with Crippen LogP contribution in [0.1, 0.15) is 24.3 Å². The Labute approximate surface area is 160 Å². The van der Waals surface area contributed by atoms with Gasteiger partial charge in [-0.25, -0.2) is 5.43 Å². The Balaban J connectivity index is 1.95. The van der Waals surface area contributed by atoms with Crippen molar-refractivity contribution in [2.75, 3.05) is 0 Å². The molecule has 2 rings (SSSR count). The molecule has 0 aliphatic carbocycles. The fourth-order valence-electron chi connectivity index (χ4n) is 2.29. The molecule has 0 bridgehead atoms. The van der Waals surface area contributed by atoms with Gasteiger partial charge in [0.2, 0.25) is 5.91 Å². The van der Waals surface area contributed by atoms with Crippen molar-refractivity contribution in [2.45, 2.75) is 26.3 Å². The zero-order valence-electron chi connectivity index (χ0n) is 14.9. The minimum Gasteiger partial charge on any atom is -0.344 e. The van der Waals surface area contributed by atoms with E-state index in [1.54, 1.807) is 6.07 Å². The van der Waals surface area contributed by atoms with E-state index in [9.17, 15) is 19.7 Å². The minimum absolute atomic E-state index is 0.0637. The van der Waals surface area contributed by atoms with Gasteiger partial charge < -0.3 is 5.32 Å². The standard InChI is InChI=1S/C18H20N4O4S/c1-12(2)17(20-16(23)10-15-7-4-8-27-15)18(24)21-19-11-13-5-3-6-14(9-13)22(25)26/h3-9,11-12,17H,10H2,1-2H3,(H,20,23)(H,21,24)/b19-11+. The summed E-state index contributed by atoms with van der Waals surface area (Å²) in [7, 11) is 0. The van der Waals surface area contributed by atoms with Crippen molar-refractivity contribution in [3.05, 3.63) is 62.3 Å². The highest BCUT2D eigenvalue weighted by Gasteiger charge is 2.24. The topological polar surface area (TPSA) is 114 Å². The van der Waals surface area contributed by atoms with Gasteiger partial charge >= 0.3 is 0 Å². The smallest absolute Gasteiger partial charge is 0.270 e. The summed E-state index contributed by atoms with van der Waals surface area (Å²) in [5.74, 6) is -0.828. The summed E-state index contributed by atoms with van der Waals surface area (Å²) in [6.45, 7) is 3.64. The molecular weight excluding hydrogens is 368 g/mol. The minimum atomic E-state index is -0.736. The molecular formula is C18H20N4O4S. The van der Waals surface area contributed by atoms with Crippen LogP contribution in [0.4, 0.5) is 5.69 Å². The highest BCUT2D eigenvalue weighted by Crippen LogP contribution is 2.12. The molecule has 1 unspecified atom stereocenters. The number of amides is 2. The second-order valence-electron chi connectivity index (χ2n) is 6.13. The summed E-state index contributed by atoms with van der Waals surface area (Å²) >= 11 is 1.48. The lowest BCUT2D eigenvalue weighted by Gasteiger charge is -2.20. The van der Waals surface area contributed by atoms with Gasteiger partial charge in [0.1, 0.15) is 6.04 Å². The number of hydrogen-bond donors (Lipinski definition) is 2. The summed E-state index contributed by atoms with van der Waals surface area (Å²) in [6.07, 6.45) is 1.53. The zero-order chi connectivity index (χ0) is 19.8. The Hall–Kier alpha value is -3.07. The average Bonchev–Trinajstić information content (AvgIpc) is 3.12. The lowest BCUT2D eigenvalue weighted by Crippen LogP contribution is -2.49. The number of nitro benzene ring substituents is 1.